The molecule has 0 fully saturated rings. The molecule has 0 saturated heterocycles. The molecule has 11 heteroatoms. The Morgan fingerprint density at radius 1 is 1.23 bits per heavy atom. The van der Waals surface area contributed by atoms with E-state index in [1.54, 1.807) is 5.51 Å². The highest BCUT2D eigenvalue weighted by atomic mass is 32.1. The van der Waals surface area contributed by atoms with Gasteiger partial charge in [0.25, 0.3) is 0 Å². The first-order chi connectivity index (χ1) is 14.8. The van der Waals surface area contributed by atoms with Crippen LogP contribution in [0.25, 0.3) is 33.2 Å². The van der Waals surface area contributed by atoms with Crippen molar-refractivity contribution >= 4 is 44.2 Å². The number of nitrogen functional groups attached to an aromatic ring is 1. The van der Waals surface area contributed by atoms with Gasteiger partial charge in [-0.15, -0.1) is 10.2 Å². The van der Waals surface area contributed by atoms with E-state index in [9.17, 15) is 5.11 Å². The molecule has 0 radical (unpaired) electrons. The van der Waals surface area contributed by atoms with Crippen molar-refractivity contribution < 1.29 is 5.11 Å². The molecule has 10 nitrogen and oxygen atoms in total. The Hall–Kier alpha value is -3.57. The van der Waals surface area contributed by atoms with Crippen LogP contribution in [0.1, 0.15) is 32.7 Å². The summed E-state index contributed by atoms with van der Waals surface area (Å²) in [5, 5.41) is 28.1. The molecule has 5 rings (SSSR count). The number of hydrogen-bond acceptors (Lipinski definition) is 9. The van der Waals surface area contributed by atoms with Gasteiger partial charge in [0.1, 0.15) is 23.3 Å². The third-order valence-corrected chi connectivity index (χ3v) is 5.58. The maximum atomic E-state index is 10.5. The average molecular weight is 436 g/mol. The lowest BCUT2D eigenvalue weighted by Gasteiger charge is -2.19. The average Bonchev–Trinajstić information content (AvgIpc) is 3.45. The minimum Gasteiger partial charge on any atom is -0.383 e. The van der Waals surface area contributed by atoms with Crippen LogP contribution in [0.3, 0.4) is 0 Å². The van der Waals surface area contributed by atoms with E-state index < -0.39 is 6.23 Å². The first-order valence-corrected chi connectivity index (χ1v) is 10.5. The number of nitrogens with two attached hydrogens (primary N) is 1. The maximum Gasteiger partial charge on any atom is 0.207 e. The third kappa shape index (κ3) is 3.37. The van der Waals surface area contributed by atoms with Crippen LogP contribution in [-0.2, 0) is 5.54 Å². The van der Waals surface area contributed by atoms with Gasteiger partial charge in [-0.3, -0.25) is 0 Å². The molecule has 5 aromatic rings. The van der Waals surface area contributed by atoms with Crippen LogP contribution < -0.4 is 11.1 Å². The zero-order valence-electron chi connectivity index (χ0n) is 17.2. The number of aromatic nitrogens is 7. The second-order valence-electron chi connectivity index (χ2n) is 8.21. The summed E-state index contributed by atoms with van der Waals surface area (Å²) in [5.41, 5.74) is 11.3. The lowest BCUT2D eigenvalue weighted by atomic mass is 10.1. The molecule has 0 amide bonds. The summed E-state index contributed by atoms with van der Waals surface area (Å²) >= 11 is 1.32. The summed E-state index contributed by atoms with van der Waals surface area (Å²) in [6, 6.07) is 7.83. The van der Waals surface area contributed by atoms with Gasteiger partial charge < -0.3 is 21.1 Å². The quantitative estimate of drug-likeness (QED) is 0.315. The number of H-pyrrole nitrogens is 1. The van der Waals surface area contributed by atoms with E-state index in [0.29, 0.717) is 28.0 Å². The summed E-state index contributed by atoms with van der Waals surface area (Å²) in [4.78, 5) is 11.9. The predicted molar refractivity (Wildman–Crippen MR) is 121 cm³/mol. The van der Waals surface area contributed by atoms with Crippen LogP contribution in [-0.4, -0.2) is 40.0 Å². The molecule has 5 N–H and O–H groups in total. The highest BCUT2D eigenvalue weighted by molar-refractivity contribution is 7.13. The number of aromatic amines is 1. The summed E-state index contributed by atoms with van der Waals surface area (Å²) in [5.74, 6) is 0.388. The molecule has 158 valence electrons. The summed E-state index contributed by atoms with van der Waals surface area (Å²) in [7, 11) is 0. The molecule has 0 aliphatic heterocycles. The fraction of sp³-hybridized carbons (Fsp3) is 0.250. The summed E-state index contributed by atoms with van der Waals surface area (Å²) in [6.07, 6.45) is 0.520. The van der Waals surface area contributed by atoms with Crippen LogP contribution in [0, 0.1) is 0 Å². The molecule has 31 heavy (non-hydrogen) atoms. The number of nitrogens with zero attached hydrogens (tertiary/aromatic N) is 6. The number of nitrogens with one attached hydrogen (secondary N) is 2. The van der Waals surface area contributed by atoms with Crippen LogP contribution in [0.5, 0.6) is 0 Å². The van der Waals surface area contributed by atoms with Crippen LogP contribution >= 0.6 is 11.3 Å². The van der Waals surface area contributed by atoms with E-state index >= 15 is 0 Å². The first-order valence-electron chi connectivity index (χ1n) is 9.65. The van der Waals surface area contributed by atoms with Crippen LogP contribution in [0.2, 0.25) is 0 Å². The van der Waals surface area contributed by atoms with Crippen molar-refractivity contribution in [2.45, 2.75) is 32.5 Å². The van der Waals surface area contributed by atoms with Crippen molar-refractivity contribution in [3.63, 3.8) is 0 Å². The highest BCUT2D eigenvalue weighted by Crippen LogP contribution is 2.34. The van der Waals surface area contributed by atoms with E-state index in [-0.39, 0.29) is 5.54 Å². The van der Waals surface area contributed by atoms with Crippen LogP contribution in [0.4, 0.5) is 10.9 Å². The van der Waals surface area contributed by atoms with Crippen molar-refractivity contribution in [2.75, 3.05) is 11.1 Å². The van der Waals surface area contributed by atoms with Crippen LogP contribution in [0.15, 0.2) is 36.1 Å². The van der Waals surface area contributed by atoms with Gasteiger partial charge in [-0.1, -0.05) is 23.5 Å². The number of aliphatic hydroxyl groups excluding tert-OH is 1. The molecule has 4 heterocycles. The molecule has 0 aliphatic carbocycles. The zero-order chi connectivity index (χ0) is 21.8. The van der Waals surface area contributed by atoms with Gasteiger partial charge in [-0.25, -0.2) is 14.6 Å². The maximum absolute atomic E-state index is 10.5. The van der Waals surface area contributed by atoms with Gasteiger partial charge in [0.05, 0.1) is 16.6 Å². The number of hydrogen-bond donors (Lipinski definition) is 4. The van der Waals surface area contributed by atoms with Gasteiger partial charge in [0.15, 0.2) is 11.9 Å². The molecular weight excluding hydrogens is 414 g/mol. The van der Waals surface area contributed by atoms with Gasteiger partial charge >= 0.3 is 0 Å². The van der Waals surface area contributed by atoms with Crippen molar-refractivity contribution in [1.82, 2.24) is 34.9 Å². The Kier molecular flexibility index (Phi) is 4.38. The Morgan fingerprint density at radius 3 is 2.81 bits per heavy atom. The largest absolute Gasteiger partial charge is 0.383 e. The number of fused-ring (bicyclic) bond motifs is 2. The zero-order valence-corrected chi connectivity index (χ0v) is 18.0. The molecule has 4 aromatic heterocycles. The number of anilines is 2. The van der Waals surface area contributed by atoms with E-state index in [4.69, 9.17) is 10.8 Å². The molecule has 1 atom stereocenters. The lowest BCUT2D eigenvalue weighted by Crippen LogP contribution is -2.23. The standard InChI is InChI=1S/C20H21N9OS/c1-20(2,3)29-17-14(16(21)22-8-23-17)15(28-29)11-5-4-10-6-13(25-12(10)7-11)18(30)26-19-27-24-9-31-19/h4-9,18,25,30H,1-3H3,(H,26,27)(H2,21,22,23). The highest BCUT2D eigenvalue weighted by Gasteiger charge is 2.24. The van der Waals surface area contributed by atoms with Gasteiger partial charge in [0.2, 0.25) is 5.13 Å². The second-order valence-corrected chi connectivity index (χ2v) is 9.04. The number of rotatable bonds is 4. The van der Waals surface area contributed by atoms with Gasteiger partial charge in [-0.2, -0.15) is 5.10 Å². The fourth-order valence-electron chi connectivity index (χ4n) is 3.52. The van der Waals surface area contributed by atoms with Crippen molar-refractivity contribution in [3.8, 4) is 11.3 Å². The van der Waals surface area contributed by atoms with E-state index in [2.05, 4.69) is 51.2 Å². The Labute approximate surface area is 181 Å². The smallest absolute Gasteiger partial charge is 0.207 e. The molecular formula is C20H21N9OS. The van der Waals surface area contributed by atoms with Crippen molar-refractivity contribution in [3.05, 3.63) is 41.8 Å². The minimum absolute atomic E-state index is 0.276. The molecule has 1 unspecified atom stereocenters. The number of aliphatic hydroxyl groups is 1. The normalized spacial score (nSPS) is 13.2. The molecule has 0 saturated carbocycles. The molecule has 0 spiro atoms. The molecule has 0 aliphatic rings. The first kappa shape index (κ1) is 19.4. The van der Waals surface area contributed by atoms with Gasteiger partial charge in [-0.05, 0) is 38.3 Å². The fourth-order valence-corrected chi connectivity index (χ4v) is 3.99. The topological polar surface area (TPSA) is 143 Å². The van der Waals surface area contributed by atoms with E-state index in [1.807, 2.05) is 28.9 Å². The summed E-state index contributed by atoms with van der Waals surface area (Å²) in [6.45, 7) is 6.19. The lowest BCUT2D eigenvalue weighted by molar-refractivity contribution is 0.204. The molecule has 0 bridgehead atoms. The second kappa shape index (κ2) is 7.00. The predicted octanol–water partition coefficient (Wildman–Crippen LogP) is 3.27. The Morgan fingerprint density at radius 2 is 2.06 bits per heavy atom. The Bertz CT molecular complexity index is 1380. The molecule has 1 aromatic carbocycles. The Balaban J connectivity index is 1.59. The van der Waals surface area contributed by atoms with E-state index in [0.717, 1.165) is 21.9 Å². The van der Waals surface area contributed by atoms with Crippen molar-refractivity contribution in [2.24, 2.45) is 0 Å². The van der Waals surface area contributed by atoms with E-state index in [1.165, 1.54) is 17.7 Å². The minimum atomic E-state index is -0.936. The SMILES string of the molecule is CC(C)(C)n1nc(-c2ccc3cc(C(O)Nc4nncs4)[nH]c3c2)c2c(N)ncnc21. The van der Waals surface area contributed by atoms with Gasteiger partial charge in [0, 0.05) is 11.1 Å². The van der Waals surface area contributed by atoms with Crippen molar-refractivity contribution in [1.29, 1.82) is 0 Å². The summed E-state index contributed by atoms with van der Waals surface area (Å²) < 4.78 is 1.87. The number of benzene rings is 1. The third-order valence-electron chi connectivity index (χ3n) is 4.96. The monoisotopic (exact) mass is 435 g/mol.